The fourth-order valence-electron chi connectivity index (χ4n) is 3.74. The molecule has 1 aromatic carbocycles. The number of rotatable bonds is 2. The minimum atomic E-state index is -0.879. The van der Waals surface area contributed by atoms with Crippen LogP contribution in [0.3, 0.4) is 0 Å². The minimum absolute atomic E-state index is 0.161. The topological polar surface area (TPSA) is 57.6 Å². The summed E-state index contributed by atoms with van der Waals surface area (Å²) in [5.41, 5.74) is 2.27. The van der Waals surface area contributed by atoms with E-state index in [0.717, 1.165) is 30.4 Å². The molecule has 21 heavy (non-hydrogen) atoms. The third-order valence-electron chi connectivity index (χ3n) is 4.99. The van der Waals surface area contributed by atoms with Gasteiger partial charge in [-0.3, -0.25) is 4.79 Å². The van der Waals surface area contributed by atoms with Crippen LogP contribution in [0.25, 0.3) is 0 Å². The first-order chi connectivity index (χ1) is 10.1. The van der Waals surface area contributed by atoms with Crippen molar-refractivity contribution in [3.63, 3.8) is 0 Å². The summed E-state index contributed by atoms with van der Waals surface area (Å²) >= 11 is 0. The lowest BCUT2D eigenvalue weighted by Gasteiger charge is -2.32. The fraction of sp³-hybridized carbons (Fsp3) is 0.529. The molecular weight excluding hydrogens is 266 g/mol. The van der Waals surface area contributed by atoms with Crippen molar-refractivity contribution >= 4 is 11.9 Å². The first-order valence-electron chi connectivity index (χ1n) is 7.70. The monoisotopic (exact) mass is 287 g/mol. The molecule has 1 aliphatic heterocycles. The smallest absolute Gasteiger partial charge is 0.335 e. The molecule has 0 aromatic heterocycles. The number of hydrogen-bond donors (Lipinski definition) is 1. The molecule has 1 aromatic rings. The molecular formula is C17H21NO3. The van der Waals surface area contributed by atoms with Gasteiger partial charge in [0.25, 0.3) is 0 Å². The first-order valence-corrected chi connectivity index (χ1v) is 7.70. The quantitative estimate of drug-likeness (QED) is 0.910. The molecule has 0 saturated heterocycles. The summed E-state index contributed by atoms with van der Waals surface area (Å²) in [4.78, 5) is 25.8. The van der Waals surface area contributed by atoms with Crippen molar-refractivity contribution in [2.24, 2.45) is 11.8 Å². The molecule has 3 rings (SSSR count). The van der Waals surface area contributed by atoms with Crippen LogP contribution in [0.5, 0.6) is 0 Å². The average molecular weight is 287 g/mol. The SMILES string of the molecule is CC1CCCC1C(=O)N1CCc2c(cccc2C(=O)O)C1. The van der Waals surface area contributed by atoms with Gasteiger partial charge in [-0.2, -0.15) is 0 Å². The zero-order chi connectivity index (χ0) is 15.0. The summed E-state index contributed by atoms with van der Waals surface area (Å²) in [5, 5.41) is 9.24. The molecule has 4 heteroatoms. The van der Waals surface area contributed by atoms with E-state index < -0.39 is 5.97 Å². The van der Waals surface area contributed by atoms with Crippen LogP contribution in [0, 0.1) is 11.8 Å². The Labute approximate surface area is 124 Å². The third-order valence-corrected chi connectivity index (χ3v) is 4.99. The van der Waals surface area contributed by atoms with E-state index in [1.165, 1.54) is 0 Å². The number of carboxylic acids is 1. The third kappa shape index (κ3) is 2.55. The van der Waals surface area contributed by atoms with Crippen LogP contribution in [0.4, 0.5) is 0 Å². The Bertz CT molecular complexity index is 581. The number of amides is 1. The second-order valence-electron chi connectivity index (χ2n) is 6.27. The van der Waals surface area contributed by atoms with Crippen LogP contribution in [0.1, 0.15) is 47.7 Å². The summed E-state index contributed by atoms with van der Waals surface area (Å²) < 4.78 is 0. The van der Waals surface area contributed by atoms with Gasteiger partial charge >= 0.3 is 5.97 Å². The van der Waals surface area contributed by atoms with Gasteiger partial charge in [0.15, 0.2) is 0 Å². The summed E-state index contributed by atoms with van der Waals surface area (Å²) in [6.45, 7) is 3.36. The lowest BCUT2D eigenvalue weighted by atomic mass is 9.92. The summed E-state index contributed by atoms with van der Waals surface area (Å²) in [5.74, 6) is 0.0147. The molecule has 1 saturated carbocycles. The van der Waals surface area contributed by atoms with Crippen molar-refractivity contribution in [3.8, 4) is 0 Å². The Morgan fingerprint density at radius 3 is 2.76 bits per heavy atom. The first kappa shape index (κ1) is 14.1. The summed E-state index contributed by atoms with van der Waals surface area (Å²) in [6, 6.07) is 5.37. The number of benzene rings is 1. The van der Waals surface area contributed by atoms with Crippen molar-refractivity contribution < 1.29 is 14.7 Å². The molecule has 1 amide bonds. The maximum absolute atomic E-state index is 12.6. The number of aromatic carboxylic acids is 1. The zero-order valence-electron chi connectivity index (χ0n) is 12.3. The van der Waals surface area contributed by atoms with Gasteiger partial charge in [0, 0.05) is 19.0 Å². The van der Waals surface area contributed by atoms with Crippen LogP contribution in [-0.2, 0) is 17.8 Å². The van der Waals surface area contributed by atoms with Gasteiger partial charge in [0.1, 0.15) is 0 Å². The van der Waals surface area contributed by atoms with E-state index in [1.54, 1.807) is 12.1 Å². The number of carbonyl (C=O) groups is 2. The lowest BCUT2D eigenvalue weighted by molar-refractivity contribution is -0.137. The lowest BCUT2D eigenvalue weighted by Crippen LogP contribution is -2.40. The van der Waals surface area contributed by atoms with E-state index >= 15 is 0 Å². The zero-order valence-corrected chi connectivity index (χ0v) is 12.3. The van der Waals surface area contributed by atoms with Crippen LogP contribution in [0.15, 0.2) is 18.2 Å². The van der Waals surface area contributed by atoms with Crippen molar-refractivity contribution in [1.82, 2.24) is 4.90 Å². The number of carbonyl (C=O) groups excluding carboxylic acids is 1. The predicted octanol–water partition coefficient (Wildman–Crippen LogP) is 2.71. The number of carboxylic acid groups (broad SMARTS) is 1. The van der Waals surface area contributed by atoms with Gasteiger partial charge in [0.05, 0.1) is 5.56 Å². The summed E-state index contributed by atoms with van der Waals surface area (Å²) in [6.07, 6.45) is 3.93. The fourth-order valence-corrected chi connectivity index (χ4v) is 3.74. The Balaban J connectivity index is 1.80. The highest BCUT2D eigenvalue weighted by atomic mass is 16.4. The molecule has 1 heterocycles. The van der Waals surface area contributed by atoms with Crippen LogP contribution < -0.4 is 0 Å². The van der Waals surface area contributed by atoms with Gasteiger partial charge in [-0.25, -0.2) is 4.79 Å². The Morgan fingerprint density at radius 1 is 1.29 bits per heavy atom. The van der Waals surface area contributed by atoms with E-state index in [0.29, 0.717) is 31.0 Å². The van der Waals surface area contributed by atoms with Crippen LogP contribution >= 0.6 is 0 Å². The Kier molecular flexibility index (Phi) is 3.70. The molecule has 1 N–H and O–H groups in total. The minimum Gasteiger partial charge on any atom is -0.478 e. The van der Waals surface area contributed by atoms with Gasteiger partial charge in [-0.1, -0.05) is 25.5 Å². The van der Waals surface area contributed by atoms with Crippen LogP contribution in [0.2, 0.25) is 0 Å². The van der Waals surface area contributed by atoms with E-state index in [9.17, 15) is 14.7 Å². The maximum Gasteiger partial charge on any atom is 0.335 e. The van der Waals surface area contributed by atoms with Gasteiger partial charge < -0.3 is 10.0 Å². The molecule has 1 fully saturated rings. The van der Waals surface area contributed by atoms with E-state index in [1.807, 2.05) is 11.0 Å². The molecule has 0 spiro atoms. The van der Waals surface area contributed by atoms with Crippen molar-refractivity contribution in [3.05, 3.63) is 34.9 Å². The van der Waals surface area contributed by atoms with Gasteiger partial charge in [-0.15, -0.1) is 0 Å². The second-order valence-corrected chi connectivity index (χ2v) is 6.27. The van der Waals surface area contributed by atoms with E-state index in [4.69, 9.17) is 0 Å². The molecule has 1 aliphatic carbocycles. The van der Waals surface area contributed by atoms with Gasteiger partial charge in [-0.05, 0) is 42.4 Å². The van der Waals surface area contributed by atoms with Crippen molar-refractivity contribution in [2.75, 3.05) is 6.54 Å². The molecule has 0 radical (unpaired) electrons. The number of fused-ring (bicyclic) bond motifs is 1. The molecule has 112 valence electrons. The van der Waals surface area contributed by atoms with Gasteiger partial charge in [0.2, 0.25) is 5.91 Å². The number of nitrogens with zero attached hydrogens (tertiary/aromatic N) is 1. The normalized spacial score (nSPS) is 24.7. The Morgan fingerprint density at radius 2 is 2.10 bits per heavy atom. The predicted molar refractivity (Wildman–Crippen MR) is 79.0 cm³/mol. The largest absolute Gasteiger partial charge is 0.478 e. The van der Waals surface area contributed by atoms with E-state index in [2.05, 4.69) is 6.92 Å². The van der Waals surface area contributed by atoms with Crippen molar-refractivity contribution in [1.29, 1.82) is 0 Å². The molecule has 2 atom stereocenters. The highest BCUT2D eigenvalue weighted by Crippen LogP contribution is 2.34. The second kappa shape index (κ2) is 5.51. The standard InChI is InChI=1S/C17H21NO3/c1-11-4-2-6-13(11)16(19)18-9-8-14-12(10-18)5-3-7-15(14)17(20)21/h3,5,7,11,13H,2,4,6,8-10H2,1H3,(H,20,21). The highest BCUT2D eigenvalue weighted by Gasteiger charge is 2.34. The molecule has 0 bridgehead atoms. The molecule has 4 nitrogen and oxygen atoms in total. The van der Waals surface area contributed by atoms with Crippen LogP contribution in [-0.4, -0.2) is 28.4 Å². The molecule has 2 unspecified atom stereocenters. The highest BCUT2D eigenvalue weighted by molar-refractivity contribution is 5.90. The summed E-state index contributed by atoms with van der Waals surface area (Å²) in [7, 11) is 0. The average Bonchev–Trinajstić information content (AvgIpc) is 2.91. The Hall–Kier alpha value is -1.84. The van der Waals surface area contributed by atoms with E-state index in [-0.39, 0.29) is 11.8 Å². The maximum atomic E-state index is 12.6. The van der Waals surface area contributed by atoms with Crippen molar-refractivity contribution in [2.45, 2.75) is 39.2 Å². The molecule has 2 aliphatic rings. The number of hydrogen-bond acceptors (Lipinski definition) is 2.